The first-order valence-corrected chi connectivity index (χ1v) is 6.92. The highest BCUT2D eigenvalue weighted by molar-refractivity contribution is 6.34. The van der Waals surface area contributed by atoms with Gasteiger partial charge in [0.25, 0.3) is 0 Å². The minimum absolute atomic E-state index is 0.350. The number of carboxylic acid groups (broad SMARTS) is 1. The molecule has 104 valence electrons. The summed E-state index contributed by atoms with van der Waals surface area (Å²) in [5, 5.41) is 10.5. The maximum Gasteiger partial charge on any atom is 0.314 e. The smallest absolute Gasteiger partial charge is 0.314 e. The summed E-state index contributed by atoms with van der Waals surface area (Å²) in [4.78, 5) is 11.8. The van der Waals surface area contributed by atoms with Gasteiger partial charge in [0.15, 0.2) is 0 Å². The molecule has 0 radical (unpaired) electrons. The molecule has 0 aliphatic heterocycles. The normalized spacial score (nSPS) is 13.8. The number of rotatable bonds is 4. The Morgan fingerprint density at radius 3 is 2.40 bits per heavy atom. The molecule has 1 unspecified atom stereocenters. The molecule has 20 heavy (non-hydrogen) atoms. The zero-order valence-corrected chi connectivity index (χ0v) is 12.4. The summed E-state index contributed by atoms with van der Waals surface area (Å²) in [7, 11) is 0. The molecule has 0 heterocycles. The van der Waals surface area contributed by atoms with E-state index in [1.54, 1.807) is 25.1 Å². The predicted octanol–water partition coefficient (Wildman–Crippen LogP) is 4.58. The van der Waals surface area contributed by atoms with E-state index in [0.29, 0.717) is 22.0 Å². The summed E-state index contributed by atoms with van der Waals surface area (Å²) < 4.78 is 0. The lowest BCUT2D eigenvalue weighted by Crippen LogP contribution is -2.35. The third-order valence-electron chi connectivity index (χ3n) is 3.40. The van der Waals surface area contributed by atoms with Crippen LogP contribution in [0.25, 0.3) is 0 Å². The third kappa shape index (κ3) is 2.97. The molecule has 0 saturated heterocycles. The molecule has 0 amide bonds. The summed E-state index contributed by atoms with van der Waals surface area (Å²) in [6.07, 6.45) is 0.350. The lowest BCUT2D eigenvalue weighted by atomic mass is 9.77. The van der Waals surface area contributed by atoms with E-state index in [1.807, 2.05) is 30.3 Å². The van der Waals surface area contributed by atoms with Crippen molar-refractivity contribution in [2.45, 2.75) is 18.8 Å². The highest BCUT2D eigenvalue weighted by Gasteiger charge is 2.37. The van der Waals surface area contributed by atoms with E-state index < -0.39 is 11.4 Å². The van der Waals surface area contributed by atoms with Gasteiger partial charge in [0.2, 0.25) is 0 Å². The minimum atomic E-state index is -1.12. The molecule has 0 aromatic heterocycles. The van der Waals surface area contributed by atoms with Gasteiger partial charge in [-0.15, -0.1) is 0 Å². The molecule has 2 aromatic rings. The van der Waals surface area contributed by atoms with Crippen LogP contribution in [0.4, 0.5) is 0 Å². The molecule has 0 aliphatic rings. The van der Waals surface area contributed by atoms with Crippen LogP contribution in [0.5, 0.6) is 0 Å². The van der Waals surface area contributed by atoms with E-state index >= 15 is 0 Å². The van der Waals surface area contributed by atoms with Gasteiger partial charge in [-0.05, 0) is 42.7 Å². The Kier molecular flexibility index (Phi) is 4.36. The van der Waals surface area contributed by atoms with Crippen LogP contribution >= 0.6 is 23.2 Å². The summed E-state index contributed by atoms with van der Waals surface area (Å²) in [5.41, 5.74) is 0.347. The molecular formula is C16H14Cl2O2. The zero-order valence-electron chi connectivity index (χ0n) is 10.9. The molecule has 0 fully saturated rings. The van der Waals surface area contributed by atoms with Crippen LogP contribution in [-0.2, 0) is 16.6 Å². The molecule has 0 saturated carbocycles. The van der Waals surface area contributed by atoms with Crippen molar-refractivity contribution in [3.05, 3.63) is 69.7 Å². The van der Waals surface area contributed by atoms with E-state index in [2.05, 4.69) is 0 Å². The van der Waals surface area contributed by atoms with Gasteiger partial charge in [-0.2, -0.15) is 0 Å². The second kappa shape index (κ2) is 5.86. The fourth-order valence-electron chi connectivity index (χ4n) is 2.21. The van der Waals surface area contributed by atoms with Crippen molar-refractivity contribution >= 4 is 29.2 Å². The number of hydrogen-bond donors (Lipinski definition) is 1. The second-order valence-electron chi connectivity index (χ2n) is 4.92. The molecule has 1 N–H and O–H groups in total. The lowest BCUT2D eigenvalue weighted by molar-refractivity contribution is -0.143. The summed E-state index contributed by atoms with van der Waals surface area (Å²) in [6.45, 7) is 1.67. The number of benzene rings is 2. The van der Waals surface area contributed by atoms with Crippen molar-refractivity contribution in [2.24, 2.45) is 0 Å². The molecule has 0 bridgehead atoms. The fourth-order valence-corrected chi connectivity index (χ4v) is 2.71. The number of carboxylic acids is 1. The van der Waals surface area contributed by atoms with Crippen molar-refractivity contribution in [1.29, 1.82) is 0 Å². The Morgan fingerprint density at radius 2 is 1.80 bits per heavy atom. The molecular weight excluding hydrogens is 295 g/mol. The van der Waals surface area contributed by atoms with Crippen LogP contribution in [0.15, 0.2) is 48.5 Å². The first-order chi connectivity index (χ1) is 9.43. The Labute approximate surface area is 128 Å². The third-order valence-corrected chi connectivity index (χ3v) is 3.96. The van der Waals surface area contributed by atoms with E-state index in [9.17, 15) is 9.90 Å². The van der Waals surface area contributed by atoms with E-state index in [0.717, 1.165) is 5.56 Å². The number of aliphatic carboxylic acids is 1. The van der Waals surface area contributed by atoms with Crippen LogP contribution in [0.1, 0.15) is 18.1 Å². The SMILES string of the molecule is CC(Cc1ccccc1)(C(=O)O)c1cc(Cl)ccc1Cl. The van der Waals surface area contributed by atoms with E-state index in [-0.39, 0.29) is 0 Å². The maximum absolute atomic E-state index is 11.8. The molecule has 4 heteroatoms. The average molecular weight is 309 g/mol. The largest absolute Gasteiger partial charge is 0.481 e. The Bertz CT molecular complexity index is 626. The summed E-state index contributed by atoms with van der Waals surface area (Å²) in [6, 6.07) is 14.4. The van der Waals surface area contributed by atoms with Crippen LogP contribution in [0, 0.1) is 0 Å². The van der Waals surface area contributed by atoms with Gasteiger partial charge in [0.1, 0.15) is 0 Å². The number of carbonyl (C=O) groups is 1. The highest BCUT2D eigenvalue weighted by Crippen LogP contribution is 2.35. The topological polar surface area (TPSA) is 37.3 Å². The second-order valence-corrected chi connectivity index (χ2v) is 5.77. The number of halogens is 2. The quantitative estimate of drug-likeness (QED) is 0.897. The van der Waals surface area contributed by atoms with Crippen molar-refractivity contribution < 1.29 is 9.90 Å². The monoisotopic (exact) mass is 308 g/mol. The number of hydrogen-bond acceptors (Lipinski definition) is 1. The van der Waals surface area contributed by atoms with Gasteiger partial charge in [-0.3, -0.25) is 4.79 Å². The van der Waals surface area contributed by atoms with Gasteiger partial charge in [0.05, 0.1) is 5.41 Å². The maximum atomic E-state index is 11.8. The highest BCUT2D eigenvalue weighted by atomic mass is 35.5. The van der Waals surface area contributed by atoms with Gasteiger partial charge in [-0.25, -0.2) is 0 Å². The fraction of sp³-hybridized carbons (Fsp3) is 0.188. The molecule has 0 spiro atoms. The van der Waals surface area contributed by atoms with Crippen LogP contribution in [-0.4, -0.2) is 11.1 Å². The Balaban J connectivity index is 2.49. The Morgan fingerprint density at radius 1 is 1.15 bits per heavy atom. The van der Waals surface area contributed by atoms with Gasteiger partial charge in [0, 0.05) is 10.0 Å². The molecule has 2 rings (SSSR count). The Hall–Kier alpha value is -1.51. The van der Waals surface area contributed by atoms with Crippen molar-refractivity contribution in [1.82, 2.24) is 0 Å². The van der Waals surface area contributed by atoms with Crippen molar-refractivity contribution in [2.75, 3.05) is 0 Å². The molecule has 2 aromatic carbocycles. The van der Waals surface area contributed by atoms with E-state index in [4.69, 9.17) is 23.2 Å². The standard InChI is InChI=1S/C16H14Cl2O2/c1-16(15(19)20,10-11-5-3-2-4-6-11)13-9-12(17)7-8-14(13)18/h2-9H,10H2,1H3,(H,19,20). The average Bonchev–Trinajstić information content (AvgIpc) is 2.42. The summed E-state index contributed by atoms with van der Waals surface area (Å²) in [5.74, 6) is -0.925. The van der Waals surface area contributed by atoms with E-state index in [1.165, 1.54) is 0 Å². The van der Waals surface area contributed by atoms with Gasteiger partial charge in [-0.1, -0.05) is 53.5 Å². The van der Waals surface area contributed by atoms with Crippen LogP contribution in [0.3, 0.4) is 0 Å². The van der Waals surface area contributed by atoms with Gasteiger partial charge >= 0.3 is 5.97 Å². The summed E-state index contributed by atoms with van der Waals surface area (Å²) >= 11 is 12.1. The van der Waals surface area contributed by atoms with Gasteiger partial charge < -0.3 is 5.11 Å². The van der Waals surface area contributed by atoms with Crippen LogP contribution in [0.2, 0.25) is 10.0 Å². The van der Waals surface area contributed by atoms with Crippen molar-refractivity contribution in [3.8, 4) is 0 Å². The first-order valence-electron chi connectivity index (χ1n) is 6.16. The zero-order chi connectivity index (χ0) is 14.8. The van der Waals surface area contributed by atoms with Crippen LogP contribution < -0.4 is 0 Å². The molecule has 1 atom stereocenters. The minimum Gasteiger partial charge on any atom is -0.481 e. The molecule has 0 aliphatic carbocycles. The predicted molar refractivity (Wildman–Crippen MR) is 81.6 cm³/mol. The lowest BCUT2D eigenvalue weighted by Gasteiger charge is -2.26. The first kappa shape index (κ1) is 14.9. The van der Waals surface area contributed by atoms with Crippen molar-refractivity contribution in [3.63, 3.8) is 0 Å². The molecule has 2 nitrogen and oxygen atoms in total.